The van der Waals surface area contributed by atoms with E-state index in [0.717, 1.165) is 26.7 Å². The maximum Gasteiger partial charge on any atom is 0.148 e. The highest BCUT2D eigenvalue weighted by Gasteiger charge is 2.16. The number of rotatable bonds is 2. The minimum absolute atomic E-state index is 0.521. The summed E-state index contributed by atoms with van der Waals surface area (Å²) < 4.78 is 6.60. The molecule has 0 aliphatic carbocycles. The van der Waals surface area contributed by atoms with Crippen molar-refractivity contribution in [2.75, 3.05) is 0 Å². The molecule has 1 unspecified atom stereocenters. The first-order chi connectivity index (χ1) is 9.15. The molecule has 3 aromatic rings. The number of aromatic nitrogens is 1. The van der Waals surface area contributed by atoms with Crippen LogP contribution in [0.15, 0.2) is 51.5 Å². The van der Waals surface area contributed by atoms with Crippen LogP contribution >= 0.6 is 15.9 Å². The molecule has 0 fully saturated rings. The minimum atomic E-state index is -0.799. The van der Waals surface area contributed by atoms with E-state index in [0.29, 0.717) is 5.76 Å². The van der Waals surface area contributed by atoms with Crippen LogP contribution in [0.2, 0.25) is 0 Å². The molecule has 3 nitrogen and oxygen atoms in total. The van der Waals surface area contributed by atoms with Gasteiger partial charge in [-0.2, -0.15) is 0 Å². The molecule has 3 rings (SSSR count). The quantitative estimate of drug-likeness (QED) is 0.777. The van der Waals surface area contributed by atoms with Gasteiger partial charge in [0.1, 0.15) is 17.4 Å². The smallest absolute Gasteiger partial charge is 0.148 e. The highest BCUT2D eigenvalue weighted by Crippen LogP contribution is 2.31. The Kier molecular flexibility index (Phi) is 3.12. The summed E-state index contributed by atoms with van der Waals surface area (Å²) in [5.41, 5.74) is 2.39. The summed E-state index contributed by atoms with van der Waals surface area (Å²) in [4.78, 5) is 4.19. The molecule has 1 atom stereocenters. The molecule has 0 aliphatic rings. The molecule has 0 spiro atoms. The number of pyridine rings is 1. The maximum absolute atomic E-state index is 10.3. The Morgan fingerprint density at radius 1 is 1.26 bits per heavy atom. The lowest BCUT2D eigenvalue weighted by atomic mass is 10.1. The summed E-state index contributed by atoms with van der Waals surface area (Å²) in [6, 6.07) is 11.4. The Balaban J connectivity index is 2.04. The number of fused-ring (bicyclic) bond motifs is 1. The number of nitrogens with zero attached hydrogens (tertiary/aromatic N) is 1. The van der Waals surface area contributed by atoms with E-state index in [2.05, 4.69) is 20.9 Å². The van der Waals surface area contributed by atoms with Crippen LogP contribution in [0, 0.1) is 6.92 Å². The molecule has 0 saturated carbocycles. The van der Waals surface area contributed by atoms with Crippen molar-refractivity contribution in [1.82, 2.24) is 4.98 Å². The van der Waals surface area contributed by atoms with Crippen molar-refractivity contribution in [3.05, 3.63) is 64.1 Å². The van der Waals surface area contributed by atoms with Gasteiger partial charge in [-0.3, -0.25) is 4.98 Å². The highest BCUT2D eigenvalue weighted by atomic mass is 79.9. The van der Waals surface area contributed by atoms with Crippen LogP contribution < -0.4 is 0 Å². The second-order valence-corrected chi connectivity index (χ2v) is 5.30. The SMILES string of the molecule is Cc1ccc(C(O)c2cc3cccc(Br)c3o2)cn1. The largest absolute Gasteiger partial charge is 0.457 e. The lowest BCUT2D eigenvalue weighted by Gasteiger charge is -2.07. The highest BCUT2D eigenvalue weighted by molar-refractivity contribution is 9.10. The van der Waals surface area contributed by atoms with Gasteiger partial charge in [0.15, 0.2) is 0 Å². The van der Waals surface area contributed by atoms with Crippen LogP contribution in [0.1, 0.15) is 23.1 Å². The third-order valence-corrected chi connectivity index (χ3v) is 3.66. The monoisotopic (exact) mass is 317 g/mol. The van der Waals surface area contributed by atoms with Gasteiger partial charge in [-0.15, -0.1) is 0 Å². The van der Waals surface area contributed by atoms with Crippen molar-refractivity contribution >= 4 is 26.9 Å². The predicted molar refractivity (Wildman–Crippen MR) is 76.9 cm³/mol. The van der Waals surface area contributed by atoms with Gasteiger partial charge < -0.3 is 9.52 Å². The normalized spacial score (nSPS) is 12.8. The summed E-state index contributed by atoms with van der Waals surface area (Å²) in [6.45, 7) is 1.91. The molecule has 1 aromatic carbocycles. The molecule has 0 bridgehead atoms. The third kappa shape index (κ3) is 2.29. The van der Waals surface area contributed by atoms with E-state index in [1.807, 2.05) is 43.3 Å². The Hall–Kier alpha value is -1.65. The zero-order chi connectivity index (χ0) is 13.4. The standard InChI is InChI=1S/C15H12BrNO2/c1-9-5-6-11(8-17-9)14(18)13-7-10-3-2-4-12(16)15(10)19-13/h2-8,14,18H,1H3. The number of aryl methyl sites for hydroxylation is 1. The fourth-order valence-corrected chi connectivity index (χ4v) is 2.45. The van der Waals surface area contributed by atoms with E-state index in [4.69, 9.17) is 4.42 Å². The molecule has 2 aromatic heterocycles. The second kappa shape index (κ2) is 4.79. The summed E-state index contributed by atoms with van der Waals surface area (Å²) in [6.07, 6.45) is 0.870. The number of hydrogen-bond acceptors (Lipinski definition) is 3. The molecule has 0 radical (unpaired) electrons. The Morgan fingerprint density at radius 3 is 2.79 bits per heavy atom. The average molecular weight is 318 g/mol. The fraction of sp³-hybridized carbons (Fsp3) is 0.133. The van der Waals surface area contributed by atoms with Crippen molar-refractivity contribution in [3.63, 3.8) is 0 Å². The maximum atomic E-state index is 10.3. The second-order valence-electron chi connectivity index (χ2n) is 4.44. The van der Waals surface area contributed by atoms with Crippen LogP contribution in [0.3, 0.4) is 0 Å². The van der Waals surface area contributed by atoms with E-state index in [9.17, 15) is 5.11 Å². The van der Waals surface area contributed by atoms with Gasteiger partial charge in [0.05, 0.1) is 4.47 Å². The summed E-state index contributed by atoms with van der Waals surface area (Å²) in [5.74, 6) is 0.521. The molecule has 2 heterocycles. The summed E-state index contributed by atoms with van der Waals surface area (Å²) in [7, 11) is 0. The number of halogens is 1. The summed E-state index contributed by atoms with van der Waals surface area (Å²) in [5, 5.41) is 11.3. The molecule has 96 valence electrons. The summed E-state index contributed by atoms with van der Waals surface area (Å²) >= 11 is 3.44. The minimum Gasteiger partial charge on any atom is -0.457 e. The molecular formula is C15H12BrNO2. The zero-order valence-corrected chi connectivity index (χ0v) is 11.9. The van der Waals surface area contributed by atoms with E-state index in [-0.39, 0.29) is 0 Å². The van der Waals surface area contributed by atoms with E-state index >= 15 is 0 Å². The predicted octanol–water partition coefficient (Wildman–Crippen LogP) is 3.98. The first-order valence-corrected chi connectivity index (χ1v) is 6.73. The van der Waals surface area contributed by atoms with Crippen molar-refractivity contribution in [1.29, 1.82) is 0 Å². The number of furan rings is 1. The van der Waals surface area contributed by atoms with Gasteiger partial charge in [-0.05, 0) is 41.1 Å². The molecule has 19 heavy (non-hydrogen) atoms. The Morgan fingerprint density at radius 2 is 2.11 bits per heavy atom. The lowest BCUT2D eigenvalue weighted by Crippen LogP contribution is -1.98. The van der Waals surface area contributed by atoms with Crippen LogP contribution in [-0.2, 0) is 0 Å². The van der Waals surface area contributed by atoms with Crippen LogP contribution in [0.25, 0.3) is 11.0 Å². The van der Waals surface area contributed by atoms with Crippen LogP contribution in [0.4, 0.5) is 0 Å². The van der Waals surface area contributed by atoms with Gasteiger partial charge in [-0.25, -0.2) is 0 Å². The number of hydrogen-bond donors (Lipinski definition) is 1. The molecule has 0 amide bonds. The van der Waals surface area contributed by atoms with Crippen molar-refractivity contribution < 1.29 is 9.52 Å². The van der Waals surface area contributed by atoms with E-state index in [1.54, 1.807) is 6.20 Å². The Labute approximate surface area is 119 Å². The van der Waals surface area contributed by atoms with E-state index < -0.39 is 6.10 Å². The van der Waals surface area contributed by atoms with E-state index in [1.165, 1.54) is 0 Å². The fourth-order valence-electron chi connectivity index (χ4n) is 1.99. The lowest BCUT2D eigenvalue weighted by molar-refractivity contribution is 0.192. The van der Waals surface area contributed by atoms with Gasteiger partial charge in [-0.1, -0.05) is 18.2 Å². The van der Waals surface area contributed by atoms with Crippen LogP contribution in [-0.4, -0.2) is 10.1 Å². The number of benzene rings is 1. The Bertz CT molecular complexity index is 719. The van der Waals surface area contributed by atoms with Crippen molar-refractivity contribution in [2.45, 2.75) is 13.0 Å². The molecule has 0 aliphatic heterocycles. The molecule has 0 saturated heterocycles. The first-order valence-electron chi connectivity index (χ1n) is 5.94. The van der Waals surface area contributed by atoms with Gasteiger partial charge in [0.25, 0.3) is 0 Å². The van der Waals surface area contributed by atoms with Crippen LogP contribution in [0.5, 0.6) is 0 Å². The van der Waals surface area contributed by atoms with Crippen molar-refractivity contribution in [3.8, 4) is 0 Å². The van der Waals surface area contributed by atoms with Crippen molar-refractivity contribution in [2.24, 2.45) is 0 Å². The number of aliphatic hydroxyl groups is 1. The van der Waals surface area contributed by atoms with Gasteiger partial charge in [0.2, 0.25) is 0 Å². The number of aliphatic hydroxyl groups excluding tert-OH is 1. The third-order valence-electron chi connectivity index (χ3n) is 3.03. The van der Waals surface area contributed by atoms with Gasteiger partial charge >= 0.3 is 0 Å². The van der Waals surface area contributed by atoms with Gasteiger partial charge in [0, 0.05) is 22.8 Å². The molecule has 1 N–H and O–H groups in total. The molecule has 4 heteroatoms. The molecular weight excluding hydrogens is 306 g/mol. The number of para-hydroxylation sites is 1. The topological polar surface area (TPSA) is 46.3 Å². The average Bonchev–Trinajstić information content (AvgIpc) is 2.84. The first kappa shape index (κ1) is 12.4. The zero-order valence-electron chi connectivity index (χ0n) is 10.3.